The molecule has 0 spiro atoms. The average Bonchev–Trinajstić information content (AvgIpc) is 2.63. The zero-order valence-corrected chi connectivity index (χ0v) is 10.6. The molecule has 0 aromatic carbocycles. The third-order valence-electron chi connectivity index (χ3n) is 2.44. The van der Waals surface area contributed by atoms with Gasteiger partial charge in [-0.3, -0.25) is 4.79 Å². The highest BCUT2D eigenvalue weighted by Gasteiger charge is 2.11. The largest absolute Gasteiger partial charge is 0.445 e. The van der Waals surface area contributed by atoms with Crippen molar-refractivity contribution in [1.29, 1.82) is 0 Å². The van der Waals surface area contributed by atoms with Crippen LogP contribution in [0.25, 0.3) is 0 Å². The van der Waals surface area contributed by atoms with Gasteiger partial charge in [-0.25, -0.2) is 4.98 Å². The van der Waals surface area contributed by atoms with E-state index in [2.05, 4.69) is 18.8 Å². The lowest BCUT2D eigenvalue weighted by Crippen LogP contribution is -2.03. The molecule has 90 valence electrons. The van der Waals surface area contributed by atoms with Crippen molar-refractivity contribution < 1.29 is 9.21 Å². The molecule has 1 heterocycles. The number of carbonyl (C=O) groups is 1. The predicted octanol–water partition coefficient (Wildman–Crippen LogP) is 3.35. The van der Waals surface area contributed by atoms with Crippen molar-refractivity contribution >= 4 is 5.78 Å². The molecule has 0 aliphatic heterocycles. The van der Waals surface area contributed by atoms with E-state index in [0.29, 0.717) is 30.4 Å². The van der Waals surface area contributed by atoms with Crippen LogP contribution in [0.4, 0.5) is 0 Å². The standard InChI is InChI=1S/C13H21NO2/c1-9(2)5-6-11(15)7-12-8-14-13(16-12)10(3)4/h8-10H,5-7H2,1-4H3. The summed E-state index contributed by atoms with van der Waals surface area (Å²) in [5, 5.41) is 0. The van der Waals surface area contributed by atoms with E-state index in [1.54, 1.807) is 6.20 Å². The average molecular weight is 223 g/mol. The number of hydrogen-bond acceptors (Lipinski definition) is 3. The minimum atomic E-state index is 0.236. The molecule has 3 heteroatoms. The van der Waals surface area contributed by atoms with E-state index in [4.69, 9.17) is 4.42 Å². The topological polar surface area (TPSA) is 43.1 Å². The molecule has 0 fully saturated rings. The lowest BCUT2D eigenvalue weighted by atomic mass is 10.0. The number of nitrogens with zero attached hydrogens (tertiary/aromatic N) is 1. The Hall–Kier alpha value is -1.12. The van der Waals surface area contributed by atoms with Crippen LogP contribution in [0.2, 0.25) is 0 Å². The first-order valence-electron chi connectivity index (χ1n) is 5.95. The molecule has 0 aliphatic rings. The van der Waals surface area contributed by atoms with Crippen molar-refractivity contribution in [1.82, 2.24) is 4.98 Å². The van der Waals surface area contributed by atoms with E-state index in [9.17, 15) is 4.79 Å². The second kappa shape index (κ2) is 5.83. The van der Waals surface area contributed by atoms with Crippen LogP contribution in [0, 0.1) is 5.92 Å². The molecular formula is C13H21NO2. The van der Waals surface area contributed by atoms with Gasteiger partial charge < -0.3 is 4.42 Å². The SMILES string of the molecule is CC(C)CCC(=O)Cc1cnc(C(C)C)o1. The maximum absolute atomic E-state index is 11.6. The fraction of sp³-hybridized carbons (Fsp3) is 0.692. The van der Waals surface area contributed by atoms with Gasteiger partial charge in [0.2, 0.25) is 0 Å². The van der Waals surface area contributed by atoms with Gasteiger partial charge in [0.1, 0.15) is 11.5 Å². The summed E-state index contributed by atoms with van der Waals surface area (Å²) in [6, 6.07) is 0. The quantitative estimate of drug-likeness (QED) is 0.742. The molecule has 0 unspecified atom stereocenters. The lowest BCUT2D eigenvalue weighted by Gasteiger charge is -2.02. The number of Topliss-reactive ketones (excluding diaryl/α,β-unsaturated/α-hetero) is 1. The molecule has 0 amide bonds. The predicted molar refractivity (Wildman–Crippen MR) is 63.4 cm³/mol. The summed E-state index contributed by atoms with van der Waals surface area (Å²) in [7, 11) is 0. The maximum Gasteiger partial charge on any atom is 0.196 e. The second-order valence-corrected chi connectivity index (χ2v) is 4.97. The van der Waals surface area contributed by atoms with Crippen LogP contribution < -0.4 is 0 Å². The van der Waals surface area contributed by atoms with Gasteiger partial charge in [-0.05, 0) is 12.3 Å². The zero-order valence-electron chi connectivity index (χ0n) is 10.6. The molecule has 0 bridgehead atoms. The van der Waals surface area contributed by atoms with Gasteiger partial charge in [0.25, 0.3) is 0 Å². The van der Waals surface area contributed by atoms with Crippen molar-refractivity contribution in [2.45, 2.75) is 52.9 Å². The monoisotopic (exact) mass is 223 g/mol. The third-order valence-corrected chi connectivity index (χ3v) is 2.44. The first kappa shape index (κ1) is 12.9. The van der Waals surface area contributed by atoms with Crippen LogP contribution in [-0.4, -0.2) is 10.8 Å². The Balaban J connectivity index is 2.43. The van der Waals surface area contributed by atoms with E-state index in [-0.39, 0.29) is 11.7 Å². The van der Waals surface area contributed by atoms with Crippen LogP contribution in [-0.2, 0) is 11.2 Å². The van der Waals surface area contributed by atoms with E-state index in [1.807, 2.05) is 13.8 Å². The Morgan fingerprint density at radius 1 is 1.38 bits per heavy atom. The van der Waals surface area contributed by atoms with Gasteiger partial charge in [0.15, 0.2) is 5.89 Å². The summed E-state index contributed by atoms with van der Waals surface area (Å²) >= 11 is 0. The van der Waals surface area contributed by atoms with Crippen molar-refractivity contribution in [2.75, 3.05) is 0 Å². The fourth-order valence-corrected chi connectivity index (χ4v) is 1.40. The highest BCUT2D eigenvalue weighted by molar-refractivity contribution is 5.80. The molecule has 3 nitrogen and oxygen atoms in total. The van der Waals surface area contributed by atoms with Crippen molar-refractivity contribution in [3.05, 3.63) is 17.8 Å². The van der Waals surface area contributed by atoms with E-state index < -0.39 is 0 Å². The highest BCUT2D eigenvalue weighted by Crippen LogP contribution is 2.15. The summed E-state index contributed by atoms with van der Waals surface area (Å²) in [6.07, 6.45) is 3.63. The molecule has 0 saturated heterocycles. The van der Waals surface area contributed by atoms with Gasteiger partial charge >= 0.3 is 0 Å². The minimum Gasteiger partial charge on any atom is -0.445 e. The van der Waals surface area contributed by atoms with Gasteiger partial charge in [0.05, 0.1) is 12.6 Å². The van der Waals surface area contributed by atoms with Gasteiger partial charge in [-0.15, -0.1) is 0 Å². The molecule has 0 radical (unpaired) electrons. The minimum absolute atomic E-state index is 0.236. The van der Waals surface area contributed by atoms with Gasteiger partial charge in [-0.1, -0.05) is 27.7 Å². The van der Waals surface area contributed by atoms with Crippen LogP contribution >= 0.6 is 0 Å². The lowest BCUT2D eigenvalue weighted by molar-refractivity contribution is -0.118. The third kappa shape index (κ3) is 4.17. The van der Waals surface area contributed by atoms with Crippen LogP contribution in [0.3, 0.4) is 0 Å². The van der Waals surface area contributed by atoms with Gasteiger partial charge in [0, 0.05) is 12.3 Å². The molecule has 1 rings (SSSR count). The summed E-state index contributed by atoms with van der Waals surface area (Å²) in [5.41, 5.74) is 0. The summed E-state index contributed by atoms with van der Waals surface area (Å²) < 4.78 is 5.49. The Kier molecular flexibility index (Phi) is 4.71. The fourth-order valence-electron chi connectivity index (χ4n) is 1.40. The molecule has 0 atom stereocenters. The molecular weight excluding hydrogens is 202 g/mol. The zero-order chi connectivity index (χ0) is 12.1. The second-order valence-electron chi connectivity index (χ2n) is 4.97. The molecule has 1 aromatic heterocycles. The number of ketones is 1. The van der Waals surface area contributed by atoms with Crippen LogP contribution in [0.5, 0.6) is 0 Å². The van der Waals surface area contributed by atoms with Crippen molar-refractivity contribution in [3.63, 3.8) is 0 Å². The normalized spacial score (nSPS) is 11.4. The molecule has 0 saturated carbocycles. The molecule has 0 N–H and O–H groups in total. The Bertz CT molecular complexity index is 339. The van der Waals surface area contributed by atoms with Crippen molar-refractivity contribution in [2.24, 2.45) is 5.92 Å². The van der Waals surface area contributed by atoms with Gasteiger partial charge in [-0.2, -0.15) is 0 Å². The van der Waals surface area contributed by atoms with E-state index in [0.717, 1.165) is 6.42 Å². The van der Waals surface area contributed by atoms with Crippen molar-refractivity contribution in [3.8, 4) is 0 Å². The number of aromatic nitrogens is 1. The molecule has 1 aromatic rings. The smallest absolute Gasteiger partial charge is 0.196 e. The first-order valence-corrected chi connectivity index (χ1v) is 5.95. The van der Waals surface area contributed by atoms with E-state index in [1.165, 1.54) is 0 Å². The summed E-state index contributed by atoms with van der Waals surface area (Å²) in [6.45, 7) is 8.30. The van der Waals surface area contributed by atoms with E-state index >= 15 is 0 Å². The molecule has 0 aliphatic carbocycles. The number of carbonyl (C=O) groups excluding carboxylic acids is 1. The van der Waals surface area contributed by atoms with Crippen LogP contribution in [0.1, 0.15) is 58.1 Å². The Morgan fingerprint density at radius 3 is 2.56 bits per heavy atom. The summed E-state index contributed by atoms with van der Waals surface area (Å²) in [4.78, 5) is 15.8. The highest BCUT2D eigenvalue weighted by atomic mass is 16.4. The molecule has 16 heavy (non-hydrogen) atoms. The maximum atomic E-state index is 11.6. The first-order chi connectivity index (χ1) is 7.49. The Labute approximate surface area is 97.3 Å². The Morgan fingerprint density at radius 2 is 2.06 bits per heavy atom. The van der Waals surface area contributed by atoms with Crippen LogP contribution in [0.15, 0.2) is 10.6 Å². The number of rotatable bonds is 6. The number of oxazole rings is 1. The summed E-state index contributed by atoms with van der Waals surface area (Å²) in [5.74, 6) is 2.49. The number of hydrogen-bond donors (Lipinski definition) is 0.